The Morgan fingerprint density at radius 2 is 1.86 bits per heavy atom. The molecule has 2 saturated heterocycles. The van der Waals surface area contributed by atoms with Crippen LogP contribution < -0.4 is 19.7 Å². The maximum Gasteiger partial charge on any atom is 0.256 e. The lowest BCUT2D eigenvalue weighted by molar-refractivity contribution is 0.171. The molecule has 36 heavy (non-hydrogen) atoms. The number of rotatable bonds is 7. The summed E-state index contributed by atoms with van der Waals surface area (Å²) in [5.74, 6) is 1.82. The second kappa shape index (κ2) is 9.16. The third-order valence-corrected chi connectivity index (χ3v) is 7.47. The van der Waals surface area contributed by atoms with E-state index < -0.39 is 6.17 Å². The van der Waals surface area contributed by atoms with Gasteiger partial charge in [-0.15, -0.1) is 10.2 Å². The number of halogens is 1. The predicted octanol–water partition coefficient (Wildman–Crippen LogP) is 3.52. The van der Waals surface area contributed by atoms with E-state index in [1.807, 2.05) is 6.07 Å². The molecule has 2 aliphatic heterocycles. The number of aromatic hydroxyl groups is 1. The molecule has 0 unspecified atom stereocenters. The Morgan fingerprint density at radius 3 is 2.56 bits per heavy atom. The summed E-state index contributed by atoms with van der Waals surface area (Å²) in [6.45, 7) is 0. The summed E-state index contributed by atoms with van der Waals surface area (Å²) >= 11 is 0. The first-order valence-corrected chi connectivity index (χ1v) is 12.4. The van der Waals surface area contributed by atoms with Gasteiger partial charge < -0.3 is 24.8 Å². The zero-order valence-corrected chi connectivity index (χ0v) is 20.3. The van der Waals surface area contributed by atoms with Gasteiger partial charge in [-0.1, -0.05) is 6.07 Å². The number of hydrogen-bond acceptors (Lipinski definition) is 9. The van der Waals surface area contributed by atoms with Gasteiger partial charge in [-0.05, 0) is 55.9 Å². The van der Waals surface area contributed by atoms with Gasteiger partial charge >= 0.3 is 0 Å². The Labute approximate surface area is 208 Å². The van der Waals surface area contributed by atoms with Crippen LogP contribution in [-0.4, -0.2) is 69.8 Å². The lowest BCUT2D eigenvalue weighted by Crippen LogP contribution is -2.57. The van der Waals surface area contributed by atoms with Crippen LogP contribution >= 0.6 is 0 Å². The third kappa shape index (κ3) is 4.09. The fourth-order valence-electron chi connectivity index (χ4n) is 5.52. The van der Waals surface area contributed by atoms with Gasteiger partial charge in [0.2, 0.25) is 0 Å². The van der Waals surface area contributed by atoms with E-state index in [0.29, 0.717) is 34.9 Å². The van der Waals surface area contributed by atoms with Crippen molar-refractivity contribution in [3.8, 4) is 39.9 Å². The van der Waals surface area contributed by atoms with Crippen molar-refractivity contribution >= 4 is 5.82 Å². The zero-order chi connectivity index (χ0) is 24.8. The minimum atomic E-state index is -0.937. The highest BCUT2D eigenvalue weighted by Crippen LogP contribution is 2.40. The Balaban J connectivity index is 1.25. The number of phenolic OH excluding ortho intramolecular Hbond substituents is 1. The Morgan fingerprint density at radius 1 is 1.00 bits per heavy atom. The molecule has 188 valence electrons. The van der Waals surface area contributed by atoms with E-state index in [1.54, 1.807) is 37.7 Å². The molecule has 6 rings (SSSR count). The fourth-order valence-corrected chi connectivity index (χ4v) is 5.52. The van der Waals surface area contributed by atoms with Gasteiger partial charge in [0.1, 0.15) is 11.9 Å². The summed E-state index contributed by atoms with van der Waals surface area (Å²) in [4.78, 5) is 10.9. The predicted molar refractivity (Wildman–Crippen MR) is 132 cm³/mol. The lowest BCUT2D eigenvalue weighted by atomic mass is 9.96. The summed E-state index contributed by atoms with van der Waals surface area (Å²) in [5, 5.41) is 22.9. The van der Waals surface area contributed by atoms with E-state index in [0.717, 1.165) is 43.2 Å². The van der Waals surface area contributed by atoms with Crippen molar-refractivity contribution < 1.29 is 19.0 Å². The van der Waals surface area contributed by atoms with Crippen LogP contribution in [0, 0.1) is 0 Å². The van der Waals surface area contributed by atoms with E-state index in [2.05, 4.69) is 30.4 Å². The van der Waals surface area contributed by atoms with Crippen LogP contribution in [0.4, 0.5) is 10.2 Å². The van der Waals surface area contributed by atoms with Gasteiger partial charge in [0.25, 0.3) is 5.88 Å². The zero-order valence-electron chi connectivity index (χ0n) is 20.3. The van der Waals surface area contributed by atoms with Gasteiger partial charge in [0, 0.05) is 29.9 Å². The number of benzene rings is 1. The molecule has 3 fully saturated rings. The van der Waals surface area contributed by atoms with Gasteiger partial charge in [-0.3, -0.25) is 0 Å². The molecule has 1 saturated carbocycles. The molecule has 4 heterocycles. The summed E-state index contributed by atoms with van der Waals surface area (Å²) in [7, 11) is 3.08. The molecule has 1 aromatic carbocycles. The maximum atomic E-state index is 15.3. The van der Waals surface area contributed by atoms with Crippen molar-refractivity contribution in [3.63, 3.8) is 0 Å². The first-order valence-electron chi connectivity index (χ1n) is 12.4. The van der Waals surface area contributed by atoms with E-state index in [9.17, 15) is 5.11 Å². The van der Waals surface area contributed by atoms with Gasteiger partial charge in [-0.2, -0.15) is 0 Å². The van der Waals surface area contributed by atoms with E-state index >= 15 is 4.39 Å². The van der Waals surface area contributed by atoms with Gasteiger partial charge in [-0.25, -0.2) is 14.4 Å². The molecule has 2 bridgehead atoms. The molecule has 3 aliphatic rings. The molecule has 10 heteroatoms. The number of hydrogen-bond donors (Lipinski definition) is 2. The van der Waals surface area contributed by atoms with E-state index in [1.165, 1.54) is 7.11 Å². The maximum absolute atomic E-state index is 15.3. The fraction of sp³-hybridized carbons (Fsp3) is 0.462. The number of piperidine rings is 1. The molecule has 4 atom stereocenters. The van der Waals surface area contributed by atoms with E-state index in [-0.39, 0.29) is 23.9 Å². The molecule has 0 radical (unpaired) electrons. The minimum absolute atomic E-state index is 0.0228. The smallest absolute Gasteiger partial charge is 0.256 e. The van der Waals surface area contributed by atoms with Crippen LogP contribution in [-0.2, 0) is 0 Å². The van der Waals surface area contributed by atoms with Crippen molar-refractivity contribution in [2.45, 2.75) is 62.4 Å². The number of nitrogens with zero attached hydrogens (tertiary/aromatic N) is 5. The van der Waals surface area contributed by atoms with Crippen molar-refractivity contribution in [2.75, 3.05) is 19.1 Å². The first kappa shape index (κ1) is 22.9. The largest absolute Gasteiger partial charge is 0.507 e. The number of pyridine rings is 1. The van der Waals surface area contributed by atoms with Gasteiger partial charge in [0.05, 0.1) is 32.0 Å². The molecule has 0 amide bonds. The molecule has 2 aromatic heterocycles. The number of aromatic nitrogens is 4. The number of methoxy groups -OCH3 is 2. The molecule has 3 aromatic rings. The number of alkyl halides is 1. The van der Waals surface area contributed by atoms with Crippen molar-refractivity contribution in [1.82, 2.24) is 25.5 Å². The highest BCUT2D eigenvalue weighted by Gasteiger charge is 2.48. The van der Waals surface area contributed by atoms with Crippen LogP contribution in [0.3, 0.4) is 0 Å². The minimum Gasteiger partial charge on any atom is -0.507 e. The third-order valence-electron chi connectivity index (χ3n) is 7.47. The molecule has 0 spiro atoms. The Kier molecular flexibility index (Phi) is 5.83. The highest BCUT2D eigenvalue weighted by molar-refractivity contribution is 5.73. The quantitative estimate of drug-likeness (QED) is 0.512. The average molecular weight is 493 g/mol. The lowest BCUT2D eigenvalue weighted by Gasteiger charge is -2.40. The number of anilines is 1. The molecular weight excluding hydrogens is 463 g/mol. The van der Waals surface area contributed by atoms with Crippen molar-refractivity contribution in [2.24, 2.45) is 0 Å². The number of phenols is 1. The molecule has 1 aliphatic carbocycles. The standard InChI is InChI=1S/C26H29FN6O3/c1-35-22-10-15(12-29-26(22)36-2)14-3-7-18(21(34)9-14)25-28-13-23(31-32-25)33(17-5-6-17)20-11-16-4-8-19(30-16)24(20)27/h3,7,9-10,12-13,16-17,19-20,24,30,34H,4-6,8,11H2,1-2H3/t16-,19-,20-,24+/m0/s1. The Hall–Kier alpha value is -3.53. The summed E-state index contributed by atoms with van der Waals surface area (Å²) in [6.07, 6.45) is 7.11. The van der Waals surface area contributed by atoms with E-state index in [4.69, 9.17) is 9.47 Å². The number of ether oxygens (including phenoxy) is 2. The van der Waals surface area contributed by atoms with Crippen LogP contribution in [0.15, 0.2) is 36.7 Å². The van der Waals surface area contributed by atoms with Crippen molar-refractivity contribution in [3.05, 3.63) is 36.7 Å². The van der Waals surface area contributed by atoms with Crippen molar-refractivity contribution in [1.29, 1.82) is 0 Å². The molecule has 2 N–H and O–H groups in total. The SMILES string of the molecule is COc1cc(-c2ccc(-c3ncc(N(C4CC4)[C@H]4C[C@@H]5CC[C@H](N5)[C@H]4F)nn3)c(O)c2)cnc1OC. The first-order chi connectivity index (χ1) is 17.6. The number of nitrogens with one attached hydrogen (secondary N) is 1. The number of fused-ring (bicyclic) bond motifs is 2. The topological polar surface area (TPSA) is 106 Å². The van der Waals surface area contributed by atoms with Crippen LogP contribution in [0.1, 0.15) is 32.1 Å². The van der Waals surface area contributed by atoms with Crippen LogP contribution in [0.25, 0.3) is 22.5 Å². The highest BCUT2D eigenvalue weighted by atomic mass is 19.1. The summed E-state index contributed by atoms with van der Waals surface area (Å²) in [6, 6.07) is 7.39. The average Bonchev–Trinajstić information content (AvgIpc) is 3.66. The summed E-state index contributed by atoms with van der Waals surface area (Å²) in [5.41, 5.74) is 1.98. The Bertz CT molecular complexity index is 1250. The van der Waals surface area contributed by atoms with Crippen LogP contribution in [0.5, 0.6) is 17.4 Å². The van der Waals surface area contributed by atoms with Crippen LogP contribution in [0.2, 0.25) is 0 Å². The molecular formula is C26H29FN6O3. The summed E-state index contributed by atoms with van der Waals surface area (Å²) < 4.78 is 25.8. The second-order valence-corrected chi connectivity index (χ2v) is 9.74. The second-order valence-electron chi connectivity index (χ2n) is 9.74. The molecule has 9 nitrogen and oxygen atoms in total. The monoisotopic (exact) mass is 492 g/mol. The van der Waals surface area contributed by atoms with Gasteiger partial charge in [0.15, 0.2) is 17.4 Å². The normalized spacial score (nSPS) is 25.0.